The predicted octanol–water partition coefficient (Wildman–Crippen LogP) is 4.41. The third-order valence-electron chi connectivity index (χ3n) is 8.10. The Kier molecular flexibility index (Phi) is 5.83. The van der Waals surface area contributed by atoms with Crippen molar-refractivity contribution in [3.05, 3.63) is 99.6 Å². The van der Waals surface area contributed by atoms with E-state index < -0.39 is 36.4 Å². The molecule has 38 heavy (non-hydrogen) atoms. The molecule has 1 aliphatic heterocycles. The molecule has 192 valence electrons. The molecule has 1 fully saturated rings. The molecule has 8 heteroatoms. The number of esters is 1. The molecule has 2 bridgehead atoms. The van der Waals surface area contributed by atoms with Crippen molar-refractivity contribution in [2.45, 2.75) is 31.7 Å². The lowest BCUT2D eigenvalue weighted by molar-refractivity contribution is -0.159. The molecule has 0 saturated carbocycles. The summed E-state index contributed by atoms with van der Waals surface area (Å²) in [4.78, 5) is 53.9. The van der Waals surface area contributed by atoms with Gasteiger partial charge in [-0.3, -0.25) is 19.3 Å². The standard InChI is InChI=1S/C30H25ClN2O5/c1-15-21(31)12-7-13-22(15)32-23(34)14-38-30(37)16(2)33-28(35)26-24-17-8-3-4-9-18(17)25(27(26)29(33)36)20-11-6-5-10-19(20)24/h3-13,16,24-27H,14H2,1-2H3,(H,32,34)/t16-,24?,25?,26+,27+/m0/s1. The van der Waals surface area contributed by atoms with Gasteiger partial charge in [0, 0.05) is 22.5 Å². The van der Waals surface area contributed by atoms with E-state index in [1.54, 1.807) is 25.1 Å². The zero-order valence-corrected chi connectivity index (χ0v) is 21.6. The highest BCUT2D eigenvalue weighted by atomic mass is 35.5. The van der Waals surface area contributed by atoms with Crippen LogP contribution in [-0.2, 0) is 23.9 Å². The van der Waals surface area contributed by atoms with Crippen molar-refractivity contribution < 1.29 is 23.9 Å². The Hall–Kier alpha value is -3.97. The average molecular weight is 529 g/mol. The lowest BCUT2D eigenvalue weighted by Crippen LogP contribution is -2.45. The second-order valence-corrected chi connectivity index (χ2v) is 10.5. The lowest BCUT2D eigenvalue weighted by atomic mass is 9.55. The van der Waals surface area contributed by atoms with E-state index >= 15 is 0 Å². The molecule has 0 aromatic heterocycles. The summed E-state index contributed by atoms with van der Waals surface area (Å²) < 4.78 is 5.23. The van der Waals surface area contributed by atoms with E-state index in [1.165, 1.54) is 6.92 Å². The molecule has 3 aromatic rings. The summed E-state index contributed by atoms with van der Waals surface area (Å²) in [6, 6.07) is 19.8. The van der Waals surface area contributed by atoms with Gasteiger partial charge in [-0.1, -0.05) is 66.2 Å². The molecule has 3 aromatic carbocycles. The Morgan fingerprint density at radius 1 is 0.868 bits per heavy atom. The SMILES string of the molecule is Cc1c(Cl)cccc1NC(=O)COC(=O)[C@H](C)N1C(=O)[C@@H]2C3c4ccccc4C(c4ccccc43)[C@H]2C1=O. The van der Waals surface area contributed by atoms with E-state index in [1.807, 2.05) is 48.5 Å². The number of nitrogens with one attached hydrogen (secondary N) is 1. The molecular formula is C30H25ClN2O5. The summed E-state index contributed by atoms with van der Waals surface area (Å²) in [7, 11) is 0. The van der Waals surface area contributed by atoms with Crippen molar-refractivity contribution >= 4 is 41.0 Å². The largest absolute Gasteiger partial charge is 0.454 e. The van der Waals surface area contributed by atoms with E-state index in [-0.39, 0.29) is 23.7 Å². The highest BCUT2D eigenvalue weighted by Gasteiger charge is 2.62. The summed E-state index contributed by atoms with van der Waals surface area (Å²) in [5, 5.41) is 3.16. The van der Waals surface area contributed by atoms with E-state index in [9.17, 15) is 19.2 Å². The third-order valence-corrected chi connectivity index (χ3v) is 8.51. The summed E-state index contributed by atoms with van der Waals surface area (Å²) >= 11 is 6.10. The van der Waals surface area contributed by atoms with Crippen LogP contribution in [0.2, 0.25) is 5.02 Å². The van der Waals surface area contributed by atoms with Crippen LogP contribution >= 0.6 is 11.6 Å². The minimum absolute atomic E-state index is 0.256. The maximum atomic E-state index is 13.8. The van der Waals surface area contributed by atoms with Gasteiger partial charge in [-0.2, -0.15) is 0 Å². The molecule has 3 aliphatic carbocycles. The van der Waals surface area contributed by atoms with Crippen LogP contribution in [0.1, 0.15) is 46.6 Å². The summed E-state index contributed by atoms with van der Waals surface area (Å²) in [5.41, 5.74) is 5.43. The second-order valence-electron chi connectivity index (χ2n) is 10.1. The van der Waals surface area contributed by atoms with Crippen LogP contribution in [0.5, 0.6) is 0 Å². The molecule has 1 heterocycles. The van der Waals surface area contributed by atoms with Crippen LogP contribution in [-0.4, -0.2) is 41.2 Å². The number of hydrogen-bond acceptors (Lipinski definition) is 5. The van der Waals surface area contributed by atoms with Gasteiger partial charge in [0.1, 0.15) is 6.04 Å². The number of carbonyl (C=O) groups is 4. The molecule has 0 radical (unpaired) electrons. The summed E-state index contributed by atoms with van der Waals surface area (Å²) in [6.45, 7) is 2.68. The molecule has 3 atom stereocenters. The lowest BCUT2D eigenvalue weighted by Gasteiger charge is -2.45. The first kappa shape index (κ1) is 24.4. The molecular weight excluding hydrogens is 504 g/mol. The van der Waals surface area contributed by atoms with Crippen molar-refractivity contribution in [2.75, 3.05) is 11.9 Å². The number of halogens is 1. The van der Waals surface area contributed by atoms with Crippen LogP contribution in [0.3, 0.4) is 0 Å². The number of nitrogens with zero attached hydrogens (tertiary/aromatic N) is 1. The minimum atomic E-state index is -1.16. The van der Waals surface area contributed by atoms with E-state index in [0.717, 1.165) is 27.2 Å². The number of carbonyl (C=O) groups excluding carboxylic acids is 4. The predicted molar refractivity (Wildman–Crippen MR) is 141 cm³/mol. The van der Waals surface area contributed by atoms with Crippen molar-refractivity contribution in [1.82, 2.24) is 4.90 Å². The number of hydrogen-bond donors (Lipinski definition) is 1. The maximum absolute atomic E-state index is 13.8. The third kappa shape index (κ3) is 3.56. The molecule has 1 N–H and O–H groups in total. The molecule has 1 saturated heterocycles. The Morgan fingerprint density at radius 3 is 1.87 bits per heavy atom. The van der Waals surface area contributed by atoms with Gasteiger partial charge in [0.15, 0.2) is 6.61 Å². The van der Waals surface area contributed by atoms with Crippen molar-refractivity contribution in [2.24, 2.45) is 11.8 Å². The zero-order valence-electron chi connectivity index (χ0n) is 20.8. The highest BCUT2D eigenvalue weighted by Crippen LogP contribution is 2.61. The van der Waals surface area contributed by atoms with Gasteiger partial charge in [-0.25, -0.2) is 4.79 Å². The average Bonchev–Trinajstić information content (AvgIpc) is 3.19. The first-order valence-electron chi connectivity index (χ1n) is 12.6. The normalized spacial score (nSPS) is 23.4. The molecule has 0 spiro atoms. The second kappa shape index (κ2) is 9.10. The van der Waals surface area contributed by atoms with Gasteiger partial charge in [0.05, 0.1) is 11.8 Å². The fourth-order valence-electron chi connectivity index (χ4n) is 6.37. The van der Waals surface area contributed by atoms with Crippen LogP contribution in [0.25, 0.3) is 0 Å². The van der Waals surface area contributed by atoms with E-state index in [4.69, 9.17) is 16.3 Å². The summed E-state index contributed by atoms with van der Waals surface area (Å²) in [5.74, 6) is -3.78. The van der Waals surface area contributed by atoms with Gasteiger partial charge in [0.25, 0.3) is 5.91 Å². The van der Waals surface area contributed by atoms with Crippen molar-refractivity contribution in [1.29, 1.82) is 0 Å². The van der Waals surface area contributed by atoms with Crippen LogP contribution < -0.4 is 5.32 Å². The number of rotatable bonds is 5. The van der Waals surface area contributed by atoms with E-state index in [0.29, 0.717) is 16.3 Å². The topological polar surface area (TPSA) is 92.8 Å². The van der Waals surface area contributed by atoms with Crippen molar-refractivity contribution in [3.63, 3.8) is 0 Å². The van der Waals surface area contributed by atoms with Crippen LogP contribution in [0.15, 0.2) is 66.7 Å². The Bertz CT molecular complexity index is 1400. The monoisotopic (exact) mass is 528 g/mol. The van der Waals surface area contributed by atoms with E-state index in [2.05, 4.69) is 5.32 Å². The Labute approximate surface area is 224 Å². The van der Waals surface area contributed by atoms with Gasteiger partial charge >= 0.3 is 5.97 Å². The number of anilines is 1. The number of ether oxygens (including phenoxy) is 1. The number of benzene rings is 3. The maximum Gasteiger partial charge on any atom is 0.329 e. The quantitative estimate of drug-likeness (QED) is 0.391. The first-order valence-corrected chi connectivity index (χ1v) is 12.9. The van der Waals surface area contributed by atoms with Gasteiger partial charge in [-0.05, 0) is 53.8 Å². The zero-order chi connectivity index (χ0) is 26.7. The molecule has 4 aliphatic rings. The molecule has 7 nitrogen and oxygen atoms in total. The number of likely N-dealkylation sites (tertiary alicyclic amines) is 1. The van der Waals surface area contributed by atoms with Crippen LogP contribution in [0.4, 0.5) is 5.69 Å². The van der Waals surface area contributed by atoms with Crippen molar-refractivity contribution in [3.8, 4) is 0 Å². The number of amides is 3. The molecule has 0 unspecified atom stereocenters. The Balaban J connectivity index is 1.21. The van der Waals surface area contributed by atoms with Gasteiger partial charge in [0.2, 0.25) is 11.8 Å². The fraction of sp³-hybridized carbons (Fsp3) is 0.267. The Morgan fingerprint density at radius 2 is 1.37 bits per heavy atom. The summed E-state index contributed by atoms with van der Waals surface area (Å²) in [6.07, 6.45) is 0. The minimum Gasteiger partial charge on any atom is -0.454 e. The molecule has 3 amide bonds. The highest BCUT2D eigenvalue weighted by molar-refractivity contribution is 6.31. The number of imide groups is 1. The van der Waals surface area contributed by atoms with Gasteiger partial charge < -0.3 is 10.1 Å². The fourth-order valence-corrected chi connectivity index (χ4v) is 6.55. The smallest absolute Gasteiger partial charge is 0.329 e. The van der Waals surface area contributed by atoms with Crippen LogP contribution in [0, 0.1) is 18.8 Å². The van der Waals surface area contributed by atoms with Gasteiger partial charge in [-0.15, -0.1) is 0 Å². The first-order chi connectivity index (χ1) is 18.3. The molecule has 7 rings (SSSR count).